The van der Waals surface area contributed by atoms with Crippen LogP contribution in [0.4, 0.5) is 28.7 Å². The van der Waals surface area contributed by atoms with E-state index in [4.69, 9.17) is 0 Å². The van der Waals surface area contributed by atoms with E-state index < -0.39 is 0 Å². The molecule has 2 aromatic carbocycles. The maximum Gasteiger partial charge on any atom is 0.221 e. The molecule has 0 unspecified atom stereocenters. The fourth-order valence-corrected chi connectivity index (χ4v) is 2.56. The number of aromatic nitrogens is 2. The van der Waals surface area contributed by atoms with Crippen molar-refractivity contribution in [3.05, 3.63) is 66.5 Å². The van der Waals surface area contributed by atoms with Crippen LogP contribution in [0.5, 0.6) is 0 Å². The topological polar surface area (TPSA) is 70.2 Å². The molecule has 132 valence electrons. The van der Waals surface area contributed by atoms with Crippen LogP contribution in [0.2, 0.25) is 0 Å². The first kappa shape index (κ1) is 17.4. The Kier molecular flexibility index (Phi) is 5.12. The van der Waals surface area contributed by atoms with Gasteiger partial charge in [-0.15, -0.1) is 0 Å². The summed E-state index contributed by atoms with van der Waals surface area (Å²) in [6, 6.07) is 19.4. The lowest BCUT2D eigenvalue weighted by atomic mass is 10.2. The van der Waals surface area contributed by atoms with Crippen molar-refractivity contribution >= 4 is 34.6 Å². The van der Waals surface area contributed by atoms with E-state index in [1.165, 1.54) is 6.92 Å². The molecule has 6 heteroatoms. The number of benzene rings is 2. The molecular weight excluding hydrogens is 326 g/mol. The third kappa shape index (κ3) is 4.36. The zero-order valence-corrected chi connectivity index (χ0v) is 15.0. The first-order valence-electron chi connectivity index (χ1n) is 8.30. The lowest BCUT2D eigenvalue weighted by Gasteiger charge is -2.19. The Labute approximate surface area is 152 Å². The Hall–Kier alpha value is -3.41. The summed E-state index contributed by atoms with van der Waals surface area (Å²) in [5.74, 6) is 2.11. The van der Waals surface area contributed by atoms with E-state index in [2.05, 4.69) is 20.6 Å². The predicted octanol–water partition coefficient (Wildman–Crippen LogP) is 4.25. The molecule has 0 radical (unpaired) electrons. The minimum atomic E-state index is -0.0919. The van der Waals surface area contributed by atoms with Crippen molar-refractivity contribution < 1.29 is 4.79 Å². The number of carbonyl (C=O) groups excluding carboxylic acids is 1. The van der Waals surface area contributed by atoms with E-state index in [-0.39, 0.29) is 5.91 Å². The average molecular weight is 347 g/mol. The summed E-state index contributed by atoms with van der Waals surface area (Å²) < 4.78 is 0. The Bertz CT molecular complexity index is 894. The molecule has 0 spiro atoms. The number of para-hydroxylation sites is 1. The van der Waals surface area contributed by atoms with Gasteiger partial charge in [0.1, 0.15) is 17.5 Å². The van der Waals surface area contributed by atoms with Gasteiger partial charge in [0, 0.05) is 37.1 Å². The van der Waals surface area contributed by atoms with Gasteiger partial charge in [0.05, 0.1) is 0 Å². The van der Waals surface area contributed by atoms with E-state index in [0.717, 1.165) is 22.9 Å². The van der Waals surface area contributed by atoms with Crippen LogP contribution in [0.15, 0.2) is 60.7 Å². The molecule has 3 rings (SSSR count). The smallest absolute Gasteiger partial charge is 0.221 e. The van der Waals surface area contributed by atoms with Gasteiger partial charge >= 0.3 is 0 Å². The monoisotopic (exact) mass is 347 g/mol. The summed E-state index contributed by atoms with van der Waals surface area (Å²) in [4.78, 5) is 22.1. The van der Waals surface area contributed by atoms with Crippen LogP contribution in [-0.2, 0) is 4.79 Å². The Balaban J connectivity index is 1.80. The number of carbonyl (C=O) groups is 1. The van der Waals surface area contributed by atoms with Crippen LogP contribution in [0.25, 0.3) is 0 Å². The van der Waals surface area contributed by atoms with Gasteiger partial charge < -0.3 is 15.5 Å². The molecule has 6 nitrogen and oxygen atoms in total. The number of hydrogen-bond donors (Lipinski definition) is 2. The summed E-state index contributed by atoms with van der Waals surface area (Å²) in [5.41, 5.74) is 2.69. The van der Waals surface area contributed by atoms with Crippen molar-refractivity contribution in [1.82, 2.24) is 9.97 Å². The highest BCUT2D eigenvalue weighted by Crippen LogP contribution is 2.25. The molecule has 0 fully saturated rings. The van der Waals surface area contributed by atoms with Crippen LogP contribution in [0, 0.1) is 6.92 Å². The average Bonchev–Trinajstić information content (AvgIpc) is 2.62. The number of nitrogens with zero attached hydrogens (tertiary/aromatic N) is 3. The molecule has 0 aliphatic rings. The maximum atomic E-state index is 11.1. The number of rotatable bonds is 5. The van der Waals surface area contributed by atoms with E-state index in [1.54, 1.807) is 0 Å². The van der Waals surface area contributed by atoms with Gasteiger partial charge in [0.2, 0.25) is 5.91 Å². The lowest BCUT2D eigenvalue weighted by molar-refractivity contribution is -0.114. The van der Waals surface area contributed by atoms with Gasteiger partial charge in [-0.05, 0) is 43.3 Å². The zero-order chi connectivity index (χ0) is 18.5. The fraction of sp³-hybridized carbons (Fsp3) is 0.150. The van der Waals surface area contributed by atoms with Gasteiger partial charge in [-0.25, -0.2) is 9.97 Å². The Morgan fingerprint density at radius 3 is 2.27 bits per heavy atom. The highest BCUT2D eigenvalue weighted by atomic mass is 16.1. The number of aryl methyl sites for hydroxylation is 1. The second-order valence-corrected chi connectivity index (χ2v) is 5.94. The van der Waals surface area contributed by atoms with E-state index >= 15 is 0 Å². The standard InChI is InChI=1S/C20H21N5O/c1-14-21-19(24-17-11-9-16(10-12-17)23-15(2)26)13-20(22-14)25(3)18-7-5-4-6-8-18/h4-13H,1-3H3,(H,23,26)(H,21,22,24). The maximum absolute atomic E-state index is 11.1. The molecule has 26 heavy (non-hydrogen) atoms. The minimum absolute atomic E-state index is 0.0919. The zero-order valence-electron chi connectivity index (χ0n) is 15.0. The number of anilines is 5. The molecule has 1 aromatic heterocycles. The molecule has 0 atom stereocenters. The number of hydrogen-bond acceptors (Lipinski definition) is 5. The molecule has 1 heterocycles. The first-order chi connectivity index (χ1) is 12.5. The molecule has 3 aromatic rings. The van der Waals surface area contributed by atoms with Crippen LogP contribution in [0.1, 0.15) is 12.7 Å². The molecule has 0 bridgehead atoms. The molecule has 0 aliphatic heterocycles. The molecule has 1 amide bonds. The molecule has 0 aliphatic carbocycles. The summed E-state index contributed by atoms with van der Waals surface area (Å²) in [6.45, 7) is 3.36. The summed E-state index contributed by atoms with van der Waals surface area (Å²) in [6.07, 6.45) is 0. The Morgan fingerprint density at radius 1 is 0.962 bits per heavy atom. The molecule has 0 saturated carbocycles. The van der Waals surface area contributed by atoms with Crippen molar-refractivity contribution in [1.29, 1.82) is 0 Å². The summed E-state index contributed by atoms with van der Waals surface area (Å²) in [7, 11) is 1.98. The van der Waals surface area contributed by atoms with Crippen LogP contribution in [-0.4, -0.2) is 22.9 Å². The van der Waals surface area contributed by atoms with Gasteiger partial charge in [-0.3, -0.25) is 4.79 Å². The Morgan fingerprint density at radius 2 is 1.62 bits per heavy atom. The summed E-state index contributed by atoms with van der Waals surface area (Å²) in [5, 5.41) is 6.03. The number of nitrogens with one attached hydrogen (secondary N) is 2. The van der Waals surface area contributed by atoms with E-state index in [1.807, 2.05) is 79.5 Å². The third-order valence-corrected chi connectivity index (χ3v) is 3.79. The summed E-state index contributed by atoms with van der Waals surface area (Å²) >= 11 is 0. The molecule has 2 N–H and O–H groups in total. The molecular formula is C20H21N5O. The number of amides is 1. The highest BCUT2D eigenvalue weighted by Gasteiger charge is 2.09. The van der Waals surface area contributed by atoms with Gasteiger partial charge in [-0.1, -0.05) is 18.2 Å². The predicted molar refractivity (Wildman–Crippen MR) is 105 cm³/mol. The van der Waals surface area contributed by atoms with Crippen LogP contribution in [0.3, 0.4) is 0 Å². The second kappa shape index (κ2) is 7.65. The van der Waals surface area contributed by atoms with Crippen LogP contribution < -0.4 is 15.5 Å². The van der Waals surface area contributed by atoms with Crippen molar-refractivity contribution in [2.45, 2.75) is 13.8 Å². The lowest BCUT2D eigenvalue weighted by Crippen LogP contribution is -2.12. The van der Waals surface area contributed by atoms with Crippen molar-refractivity contribution in [3.63, 3.8) is 0 Å². The molecule has 0 saturated heterocycles. The van der Waals surface area contributed by atoms with Gasteiger partial charge in [-0.2, -0.15) is 0 Å². The fourth-order valence-electron chi connectivity index (χ4n) is 2.56. The first-order valence-corrected chi connectivity index (χ1v) is 8.30. The van der Waals surface area contributed by atoms with Crippen molar-refractivity contribution in [3.8, 4) is 0 Å². The quantitative estimate of drug-likeness (QED) is 0.722. The highest BCUT2D eigenvalue weighted by molar-refractivity contribution is 5.88. The van der Waals surface area contributed by atoms with Crippen LogP contribution >= 0.6 is 0 Å². The van der Waals surface area contributed by atoms with Crippen molar-refractivity contribution in [2.75, 3.05) is 22.6 Å². The van der Waals surface area contributed by atoms with Gasteiger partial charge in [0.15, 0.2) is 0 Å². The largest absolute Gasteiger partial charge is 0.340 e. The van der Waals surface area contributed by atoms with E-state index in [0.29, 0.717) is 11.6 Å². The third-order valence-electron chi connectivity index (χ3n) is 3.79. The minimum Gasteiger partial charge on any atom is -0.340 e. The van der Waals surface area contributed by atoms with Crippen molar-refractivity contribution in [2.24, 2.45) is 0 Å². The van der Waals surface area contributed by atoms with E-state index in [9.17, 15) is 4.79 Å². The normalized spacial score (nSPS) is 10.3. The van der Waals surface area contributed by atoms with Gasteiger partial charge in [0.25, 0.3) is 0 Å². The SMILES string of the molecule is CC(=O)Nc1ccc(Nc2cc(N(C)c3ccccc3)nc(C)n2)cc1. The second-order valence-electron chi connectivity index (χ2n) is 5.94.